The van der Waals surface area contributed by atoms with Crippen LogP contribution in [0, 0.1) is 10.1 Å². The monoisotopic (exact) mass is 314 g/mol. The van der Waals surface area contributed by atoms with E-state index in [4.69, 9.17) is 25.8 Å². The summed E-state index contributed by atoms with van der Waals surface area (Å²) in [6.45, 7) is 4.22. The van der Waals surface area contributed by atoms with Gasteiger partial charge in [-0.05, 0) is 12.1 Å². The third kappa shape index (κ3) is 4.66. The van der Waals surface area contributed by atoms with Crippen LogP contribution in [0.4, 0.5) is 5.69 Å². The molecule has 0 spiro atoms. The van der Waals surface area contributed by atoms with E-state index in [1.165, 1.54) is 12.1 Å². The number of halogens is 1. The summed E-state index contributed by atoms with van der Waals surface area (Å²) in [6, 6.07) is 4.49. The van der Waals surface area contributed by atoms with Gasteiger partial charge in [0.1, 0.15) is 11.6 Å². The van der Waals surface area contributed by atoms with Crippen molar-refractivity contribution in [3.63, 3.8) is 0 Å². The third-order valence-electron chi connectivity index (χ3n) is 2.72. The van der Waals surface area contributed by atoms with Crippen LogP contribution in [0.25, 0.3) is 0 Å². The van der Waals surface area contributed by atoms with Crippen molar-refractivity contribution in [2.75, 3.05) is 39.6 Å². The number of benzene rings is 1. The molecular formula is C13H15ClN2O5. The van der Waals surface area contributed by atoms with Gasteiger partial charge in [-0.2, -0.15) is 0 Å². The molecule has 1 saturated heterocycles. The average Bonchev–Trinajstić information content (AvgIpc) is 3.04. The number of nitro groups is 1. The molecule has 8 heteroatoms. The minimum atomic E-state index is -0.526. The van der Waals surface area contributed by atoms with Crippen molar-refractivity contribution in [2.45, 2.75) is 0 Å². The van der Waals surface area contributed by atoms with E-state index in [1.54, 1.807) is 6.07 Å². The number of hydrogen-bond acceptors (Lipinski definition) is 6. The van der Waals surface area contributed by atoms with Crippen LogP contribution < -0.4 is 0 Å². The quantitative estimate of drug-likeness (QED) is 0.616. The van der Waals surface area contributed by atoms with Gasteiger partial charge >= 0.3 is 0 Å². The number of aliphatic imine (C=N–C) groups is 1. The van der Waals surface area contributed by atoms with E-state index in [1.807, 2.05) is 0 Å². The first-order chi connectivity index (χ1) is 10.2. The summed E-state index contributed by atoms with van der Waals surface area (Å²) in [7, 11) is 0. The van der Waals surface area contributed by atoms with Crippen LogP contribution in [0.15, 0.2) is 23.2 Å². The van der Waals surface area contributed by atoms with Crippen molar-refractivity contribution in [1.82, 2.24) is 0 Å². The van der Waals surface area contributed by atoms with Gasteiger partial charge in [-0.1, -0.05) is 11.6 Å². The molecular weight excluding hydrogens is 300 g/mol. The predicted octanol–water partition coefficient (Wildman–Crippen LogP) is 2.06. The van der Waals surface area contributed by atoms with Crippen LogP contribution >= 0.6 is 11.6 Å². The number of ether oxygens (including phenoxy) is 3. The van der Waals surface area contributed by atoms with E-state index >= 15 is 0 Å². The van der Waals surface area contributed by atoms with Crippen molar-refractivity contribution < 1.29 is 19.1 Å². The second-order valence-corrected chi connectivity index (χ2v) is 4.59. The van der Waals surface area contributed by atoms with Crippen molar-refractivity contribution in [3.8, 4) is 0 Å². The van der Waals surface area contributed by atoms with E-state index in [0.29, 0.717) is 24.6 Å². The van der Waals surface area contributed by atoms with Gasteiger partial charge in [0.15, 0.2) is 0 Å². The lowest BCUT2D eigenvalue weighted by Crippen LogP contribution is -2.16. The van der Waals surface area contributed by atoms with Gasteiger partial charge in [0.25, 0.3) is 5.69 Å². The molecule has 0 bridgehead atoms. The molecule has 0 atom stereocenters. The molecule has 0 saturated carbocycles. The molecule has 0 radical (unpaired) electrons. The number of rotatable bonds is 2. The molecule has 114 valence electrons. The minimum absolute atomic E-state index is 0.113. The van der Waals surface area contributed by atoms with Crippen LogP contribution in [0.3, 0.4) is 0 Å². The lowest BCUT2D eigenvalue weighted by molar-refractivity contribution is -0.384. The summed E-state index contributed by atoms with van der Waals surface area (Å²) < 4.78 is 15.1. The van der Waals surface area contributed by atoms with Gasteiger partial charge in [0.05, 0.1) is 37.9 Å². The van der Waals surface area contributed by atoms with E-state index < -0.39 is 4.92 Å². The highest BCUT2D eigenvalue weighted by Gasteiger charge is 2.17. The molecule has 1 aromatic rings. The Morgan fingerprint density at radius 1 is 1.14 bits per heavy atom. The molecule has 1 fully saturated rings. The Balaban J connectivity index is 0.000000225. The molecule has 0 N–H and O–H groups in total. The Morgan fingerprint density at radius 2 is 1.81 bits per heavy atom. The van der Waals surface area contributed by atoms with Crippen molar-refractivity contribution in [1.29, 1.82) is 0 Å². The zero-order chi connectivity index (χ0) is 15.1. The molecule has 0 unspecified atom stereocenters. The second-order valence-electron chi connectivity index (χ2n) is 4.18. The Morgan fingerprint density at radius 3 is 2.29 bits per heavy atom. The van der Waals surface area contributed by atoms with Crippen LogP contribution in [0.2, 0.25) is 5.02 Å². The largest absolute Gasteiger partial charge is 0.476 e. The SMILES string of the molecule is C1COCCO1.O=[N+]([O-])c1cc(C2=NCCO2)ccc1Cl. The summed E-state index contributed by atoms with van der Waals surface area (Å²) in [5.41, 5.74) is 0.455. The zero-order valence-electron chi connectivity index (χ0n) is 11.3. The molecule has 2 heterocycles. The van der Waals surface area contributed by atoms with Crippen molar-refractivity contribution >= 4 is 23.2 Å². The Kier molecular flexibility index (Phi) is 5.91. The van der Waals surface area contributed by atoms with Crippen LogP contribution in [-0.4, -0.2) is 50.4 Å². The fraction of sp³-hybridized carbons (Fsp3) is 0.462. The number of nitrogens with zero attached hydrogens (tertiary/aromatic N) is 2. The van der Waals surface area contributed by atoms with Crippen LogP contribution in [0.5, 0.6) is 0 Å². The van der Waals surface area contributed by atoms with Gasteiger partial charge in [-0.25, -0.2) is 4.99 Å². The number of hydrogen-bond donors (Lipinski definition) is 0. The minimum Gasteiger partial charge on any atom is -0.476 e. The van der Waals surface area contributed by atoms with E-state index in [2.05, 4.69) is 4.99 Å². The number of nitro benzene ring substituents is 1. The topological polar surface area (TPSA) is 83.2 Å². The van der Waals surface area contributed by atoms with Gasteiger partial charge < -0.3 is 14.2 Å². The van der Waals surface area contributed by atoms with Gasteiger partial charge in [0, 0.05) is 11.6 Å². The fourth-order valence-corrected chi connectivity index (χ4v) is 1.92. The molecule has 0 amide bonds. The fourth-order valence-electron chi connectivity index (χ4n) is 1.74. The molecule has 2 aliphatic rings. The lowest BCUT2D eigenvalue weighted by Gasteiger charge is -2.09. The lowest BCUT2D eigenvalue weighted by atomic mass is 10.2. The highest BCUT2D eigenvalue weighted by molar-refractivity contribution is 6.32. The standard InChI is InChI=1S/C9H7ClN2O3.C4H8O2/c10-7-2-1-6(5-8(7)12(13)14)9-11-3-4-15-9;1-2-6-4-3-5-1/h1-2,5H,3-4H2;1-4H2. The second kappa shape index (κ2) is 7.92. The van der Waals surface area contributed by atoms with E-state index in [-0.39, 0.29) is 10.7 Å². The molecule has 7 nitrogen and oxygen atoms in total. The van der Waals surface area contributed by atoms with Gasteiger partial charge in [-0.3, -0.25) is 10.1 Å². The Labute approximate surface area is 126 Å². The normalized spacial score (nSPS) is 17.3. The van der Waals surface area contributed by atoms with Crippen LogP contribution in [-0.2, 0) is 14.2 Å². The summed E-state index contributed by atoms with van der Waals surface area (Å²) in [6.07, 6.45) is 0. The first kappa shape index (κ1) is 15.7. The summed E-state index contributed by atoms with van der Waals surface area (Å²) in [5.74, 6) is 0.440. The Bertz CT molecular complexity index is 520. The van der Waals surface area contributed by atoms with Gasteiger partial charge in [-0.15, -0.1) is 0 Å². The molecule has 21 heavy (non-hydrogen) atoms. The third-order valence-corrected chi connectivity index (χ3v) is 3.04. The molecule has 3 rings (SSSR count). The maximum absolute atomic E-state index is 10.6. The summed E-state index contributed by atoms with van der Waals surface area (Å²) in [4.78, 5) is 14.2. The van der Waals surface area contributed by atoms with Crippen molar-refractivity contribution in [3.05, 3.63) is 38.9 Å². The highest BCUT2D eigenvalue weighted by atomic mass is 35.5. The molecule has 1 aromatic carbocycles. The van der Waals surface area contributed by atoms with E-state index in [0.717, 1.165) is 26.4 Å². The molecule has 0 aliphatic carbocycles. The highest BCUT2D eigenvalue weighted by Crippen LogP contribution is 2.25. The molecule has 0 aromatic heterocycles. The molecule has 2 aliphatic heterocycles. The Hall–Kier alpha value is -1.70. The van der Waals surface area contributed by atoms with Crippen molar-refractivity contribution in [2.24, 2.45) is 4.99 Å². The van der Waals surface area contributed by atoms with Gasteiger partial charge in [0.2, 0.25) is 5.90 Å². The van der Waals surface area contributed by atoms with E-state index in [9.17, 15) is 10.1 Å². The maximum atomic E-state index is 10.6. The summed E-state index contributed by atoms with van der Waals surface area (Å²) >= 11 is 5.68. The van der Waals surface area contributed by atoms with Crippen LogP contribution in [0.1, 0.15) is 5.56 Å². The predicted molar refractivity (Wildman–Crippen MR) is 77.1 cm³/mol. The first-order valence-corrected chi connectivity index (χ1v) is 6.83. The average molecular weight is 315 g/mol. The summed E-state index contributed by atoms with van der Waals surface area (Å²) in [5, 5.41) is 10.7. The first-order valence-electron chi connectivity index (χ1n) is 6.45. The smallest absolute Gasteiger partial charge is 0.288 e. The maximum Gasteiger partial charge on any atom is 0.288 e. The zero-order valence-corrected chi connectivity index (χ0v) is 12.0.